The van der Waals surface area contributed by atoms with Crippen molar-refractivity contribution in [1.29, 1.82) is 0 Å². The number of esters is 1. The van der Waals surface area contributed by atoms with Gasteiger partial charge in [0, 0.05) is 4.88 Å². The highest BCUT2D eigenvalue weighted by Crippen LogP contribution is 2.26. The molecule has 0 radical (unpaired) electrons. The van der Waals surface area contributed by atoms with Gasteiger partial charge in [-0.2, -0.15) is 0 Å². The van der Waals surface area contributed by atoms with Crippen molar-refractivity contribution in [1.82, 2.24) is 0 Å². The summed E-state index contributed by atoms with van der Waals surface area (Å²) in [4.78, 5) is 12.9. The number of rotatable bonds is 3. The van der Waals surface area contributed by atoms with Gasteiger partial charge in [-0.15, -0.1) is 11.3 Å². The van der Waals surface area contributed by atoms with E-state index in [1.54, 1.807) is 11.3 Å². The second-order valence-corrected chi connectivity index (χ2v) is 4.68. The van der Waals surface area contributed by atoms with Crippen LogP contribution in [-0.2, 0) is 4.74 Å². The van der Waals surface area contributed by atoms with Gasteiger partial charge in [0.2, 0.25) is 0 Å². The molecule has 88 valence electrons. The maximum Gasteiger partial charge on any atom is 0.338 e. The van der Waals surface area contributed by atoms with Crippen molar-refractivity contribution in [2.75, 3.05) is 6.61 Å². The summed E-state index contributed by atoms with van der Waals surface area (Å²) in [5, 5.41) is 2.03. The quantitative estimate of drug-likeness (QED) is 0.768. The summed E-state index contributed by atoms with van der Waals surface area (Å²) in [6, 6.07) is 9.94. The Kier molecular flexibility index (Phi) is 3.59. The molecule has 0 aliphatic heterocycles. The zero-order valence-corrected chi connectivity index (χ0v) is 10.7. The van der Waals surface area contributed by atoms with Gasteiger partial charge in [0.05, 0.1) is 12.2 Å². The average Bonchev–Trinajstić information content (AvgIpc) is 2.83. The highest BCUT2D eigenvalue weighted by Gasteiger charge is 2.11. The fourth-order valence-electron chi connectivity index (χ4n) is 1.65. The normalized spacial score (nSPS) is 10.2. The molecule has 2 aromatic rings. The Morgan fingerprint density at radius 3 is 2.82 bits per heavy atom. The van der Waals surface area contributed by atoms with Crippen molar-refractivity contribution in [3.63, 3.8) is 0 Å². The van der Waals surface area contributed by atoms with Gasteiger partial charge in [-0.25, -0.2) is 4.79 Å². The Labute approximate surface area is 105 Å². The minimum Gasteiger partial charge on any atom is -0.462 e. The van der Waals surface area contributed by atoms with Crippen molar-refractivity contribution in [2.24, 2.45) is 0 Å². The molecule has 0 amide bonds. The maximum absolute atomic E-state index is 11.8. The zero-order chi connectivity index (χ0) is 12.3. The largest absolute Gasteiger partial charge is 0.462 e. The first kappa shape index (κ1) is 11.9. The molecule has 0 bridgehead atoms. The van der Waals surface area contributed by atoms with Gasteiger partial charge in [-0.05, 0) is 42.5 Å². The second-order valence-electron chi connectivity index (χ2n) is 3.73. The minimum absolute atomic E-state index is 0.247. The molecule has 0 N–H and O–H groups in total. The number of hydrogen-bond acceptors (Lipinski definition) is 3. The number of carbonyl (C=O) groups excluding carboxylic acids is 1. The van der Waals surface area contributed by atoms with Crippen LogP contribution >= 0.6 is 11.3 Å². The summed E-state index contributed by atoms with van der Waals surface area (Å²) in [7, 11) is 0. The van der Waals surface area contributed by atoms with Crippen LogP contribution in [0.2, 0.25) is 0 Å². The molecule has 0 saturated heterocycles. The highest BCUT2D eigenvalue weighted by molar-refractivity contribution is 7.13. The lowest BCUT2D eigenvalue weighted by Gasteiger charge is -2.07. The van der Waals surface area contributed by atoms with Crippen LogP contribution in [0.1, 0.15) is 22.8 Å². The molecule has 0 spiro atoms. The van der Waals surface area contributed by atoms with Crippen molar-refractivity contribution in [3.05, 3.63) is 46.8 Å². The molecule has 0 aliphatic carbocycles. The van der Waals surface area contributed by atoms with Crippen LogP contribution in [0.3, 0.4) is 0 Å². The SMILES string of the molecule is CCOC(=O)c1cc(-c2cccs2)ccc1C. The summed E-state index contributed by atoms with van der Waals surface area (Å²) < 4.78 is 5.05. The minimum atomic E-state index is -0.247. The van der Waals surface area contributed by atoms with E-state index in [-0.39, 0.29) is 5.97 Å². The Hall–Kier alpha value is -1.61. The lowest BCUT2D eigenvalue weighted by atomic mass is 10.0. The lowest BCUT2D eigenvalue weighted by molar-refractivity contribution is 0.0525. The third-order valence-corrected chi connectivity index (χ3v) is 3.46. The standard InChI is InChI=1S/C14H14O2S/c1-3-16-14(15)12-9-11(7-6-10(12)2)13-5-4-8-17-13/h4-9H,3H2,1-2H3. The summed E-state index contributed by atoms with van der Waals surface area (Å²) in [5.41, 5.74) is 2.66. The van der Waals surface area contributed by atoms with Crippen molar-refractivity contribution in [3.8, 4) is 10.4 Å². The molecule has 0 aliphatic rings. The first-order chi connectivity index (χ1) is 8.22. The van der Waals surface area contributed by atoms with Gasteiger partial charge >= 0.3 is 5.97 Å². The lowest BCUT2D eigenvalue weighted by Crippen LogP contribution is -2.06. The first-order valence-corrected chi connectivity index (χ1v) is 6.42. The van der Waals surface area contributed by atoms with Crippen LogP contribution in [0.15, 0.2) is 35.7 Å². The summed E-state index contributed by atoms with van der Waals surface area (Å²) in [6.45, 7) is 4.14. The topological polar surface area (TPSA) is 26.3 Å². The highest BCUT2D eigenvalue weighted by atomic mass is 32.1. The van der Waals surface area contributed by atoms with E-state index in [4.69, 9.17) is 4.74 Å². The molecule has 0 saturated carbocycles. The van der Waals surface area contributed by atoms with E-state index in [1.807, 2.05) is 49.6 Å². The van der Waals surface area contributed by atoms with Crippen LogP contribution in [0.4, 0.5) is 0 Å². The second kappa shape index (κ2) is 5.15. The molecule has 3 heteroatoms. The number of carbonyl (C=O) groups is 1. The van der Waals surface area contributed by atoms with Gasteiger partial charge in [0.15, 0.2) is 0 Å². The third kappa shape index (κ3) is 2.56. The maximum atomic E-state index is 11.8. The monoisotopic (exact) mass is 246 g/mol. The fraction of sp³-hybridized carbons (Fsp3) is 0.214. The van der Waals surface area contributed by atoms with E-state index in [9.17, 15) is 4.79 Å². The van der Waals surface area contributed by atoms with Crippen LogP contribution in [0.5, 0.6) is 0 Å². The van der Waals surface area contributed by atoms with E-state index in [0.29, 0.717) is 12.2 Å². The third-order valence-electron chi connectivity index (χ3n) is 2.54. The molecular formula is C14H14O2S. The van der Waals surface area contributed by atoms with Crippen LogP contribution in [0.25, 0.3) is 10.4 Å². The number of hydrogen-bond donors (Lipinski definition) is 0. The van der Waals surface area contributed by atoms with Gasteiger partial charge in [0.1, 0.15) is 0 Å². The van der Waals surface area contributed by atoms with Crippen molar-refractivity contribution in [2.45, 2.75) is 13.8 Å². The molecule has 1 heterocycles. The first-order valence-electron chi connectivity index (χ1n) is 5.54. The fourth-order valence-corrected chi connectivity index (χ4v) is 2.37. The molecule has 2 rings (SSSR count). The molecule has 0 atom stereocenters. The van der Waals surface area contributed by atoms with E-state index in [0.717, 1.165) is 16.0 Å². The summed E-state index contributed by atoms with van der Waals surface area (Å²) in [5.74, 6) is -0.247. The van der Waals surface area contributed by atoms with Gasteiger partial charge < -0.3 is 4.74 Å². The smallest absolute Gasteiger partial charge is 0.338 e. The van der Waals surface area contributed by atoms with Crippen LogP contribution in [-0.4, -0.2) is 12.6 Å². The molecule has 1 aromatic heterocycles. The molecule has 2 nitrogen and oxygen atoms in total. The van der Waals surface area contributed by atoms with Crippen LogP contribution in [0, 0.1) is 6.92 Å². The molecule has 0 unspecified atom stereocenters. The summed E-state index contributed by atoms with van der Waals surface area (Å²) in [6.07, 6.45) is 0. The van der Waals surface area contributed by atoms with E-state index in [2.05, 4.69) is 0 Å². The molecule has 17 heavy (non-hydrogen) atoms. The van der Waals surface area contributed by atoms with Crippen molar-refractivity contribution >= 4 is 17.3 Å². The summed E-state index contributed by atoms with van der Waals surface area (Å²) >= 11 is 1.66. The van der Waals surface area contributed by atoms with Crippen molar-refractivity contribution < 1.29 is 9.53 Å². The number of aryl methyl sites for hydroxylation is 1. The van der Waals surface area contributed by atoms with Gasteiger partial charge in [-0.1, -0.05) is 18.2 Å². The Bertz CT molecular complexity index is 515. The number of benzene rings is 1. The number of thiophene rings is 1. The Balaban J connectivity index is 2.39. The average molecular weight is 246 g/mol. The van der Waals surface area contributed by atoms with E-state index in [1.165, 1.54) is 0 Å². The Morgan fingerprint density at radius 2 is 2.18 bits per heavy atom. The predicted octanol–water partition coefficient (Wildman–Crippen LogP) is 3.90. The Morgan fingerprint density at radius 1 is 1.35 bits per heavy atom. The zero-order valence-electron chi connectivity index (χ0n) is 9.90. The van der Waals surface area contributed by atoms with Gasteiger partial charge in [-0.3, -0.25) is 0 Å². The van der Waals surface area contributed by atoms with Crippen LogP contribution < -0.4 is 0 Å². The molecule has 1 aromatic carbocycles. The van der Waals surface area contributed by atoms with Gasteiger partial charge in [0.25, 0.3) is 0 Å². The molecule has 0 fully saturated rings. The predicted molar refractivity (Wildman–Crippen MR) is 70.4 cm³/mol. The van der Waals surface area contributed by atoms with E-state index < -0.39 is 0 Å². The number of ether oxygens (including phenoxy) is 1. The van der Waals surface area contributed by atoms with E-state index >= 15 is 0 Å². The molecular weight excluding hydrogens is 232 g/mol.